The first-order valence-corrected chi connectivity index (χ1v) is 5.43. The first-order chi connectivity index (χ1) is 6.04. The molecule has 2 rings (SSSR count). The number of hydrogen-bond donors (Lipinski definition) is 1. The van der Waals surface area contributed by atoms with E-state index < -0.39 is 0 Å². The third-order valence-corrected chi connectivity index (χ3v) is 3.00. The van der Waals surface area contributed by atoms with Crippen molar-refractivity contribution in [2.45, 2.75) is 58.3 Å². The third kappa shape index (κ3) is 2.23. The molecule has 3 atom stereocenters. The van der Waals surface area contributed by atoms with Crippen molar-refractivity contribution in [1.29, 1.82) is 0 Å². The average Bonchev–Trinajstić information content (AvgIpc) is 2.58. The number of nitrogens with one attached hydrogen (secondary N) is 1. The maximum atomic E-state index is 5.79. The highest BCUT2D eigenvalue weighted by atomic mass is 16.5. The molecule has 2 nitrogen and oxygen atoms in total. The molecule has 0 saturated carbocycles. The minimum atomic E-state index is 0.391. The van der Waals surface area contributed by atoms with Crippen molar-refractivity contribution < 1.29 is 4.74 Å². The largest absolute Gasteiger partial charge is 0.373 e. The molecule has 0 aromatic rings. The number of ether oxygens (including phenoxy) is 1. The zero-order valence-corrected chi connectivity index (χ0v) is 8.97. The van der Waals surface area contributed by atoms with Gasteiger partial charge in [0.2, 0.25) is 0 Å². The van der Waals surface area contributed by atoms with Gasteiger partial charge in [0.05, 0.1) is 12.2 Å². The first-order valence-electron chi connectivity index (χ1n) is 5.43. The van der Waals surface area contributed by atoms with E-state index in [0.29, 0.717) is 23.7 Å². The molecule has 0 aromatic carbocycles. The summed E-state index contributed by atoms with van der Waals surface area (Å²) in [6, 6.07) is 0.637. The van der Waals surface area contributed by atoms with Crippen LogP contribution in [0.25, 0.3) is 0 Å². The molecule has 0 spiro atoms. The van der Waals surface area contributed by atoms with Crippen molar-refractivity contribution in [2.75, 3.05) is 6.54 Å². The van der Waals surface area contributed by atoms with Crippen LogP contribution in [-0.2, 0) is 4.74 Å². The third-order valence-electron chi connectivity index (χ3n) is 3.00. The van der Waals surface area contributed by atoms with Crippen LogP contribution < -0.4 is 5.32 Å². The van der Waals surface area contributed by atoms with E-state index in [9.17, 15) is 0 Å². The molecule has 3 unspecified atom stereocenters. The summed E-state index contributed by atoms with van der Waals surface area (Å²) in [6.07, 6.45) is 4.89. The Balaban J connectivity index is 1.78. The van der Waals surface area contributed by atoms with Gasteiger partial charge in [-0.15, -0.1) is 0 Å². The fourth-order valence-corrected chi connectivity index (χ4v) is 2.29. The van der Waals surface area contributed by atoms with Crippen LogP contribution in [0.5, 0.6) is 0 Å². The van der Waals surface area contributed by atoms with Crippen molar-refractivity contribution >= 4 is 0 Å². The maximum Gasteiger partial charge on any atom is 0.0733 e. The second-order valence-electron chi connectivity index (χ2n) is 5.66. The Labute approximate surface area is 81.0 Å². The van der Waals surface area contributed by atoms with Crippen molar-refractivity contribution in [2.24, 2.45) is 5.41 Å². The Kier molecular flexibility index (Phi) is 2.37. The lowest BCUT2D eigenvalue weighted by atomic mass is 9.92. The van der Waals surface area contributed by atoms with Crippen LogP contribution in [0.2, 0.25) is 0 Å². The molecule has 2 saturated heterocycles. The van der Waals surface area contributed by atoms with Crippen LogP contribution >= 0.6 is 0 Å². The summed E-state index contributed by atoms with van der Waals surface area (Å²) < 4.78 is 5.79. The van der Waals surface area contributed by atoms with Crippen LogP contribution in [-0.4, -0.2) is 24.8 Å². The number of fused-ring (bicyclic) bond motifs is 2. The molecular formula is C11H21NO. The molecule has 0 amide bonds. The Morgan fingerprint density at radius 2 is 2.08 bits per heavy atom. The zero-order valence-electron chi connectivity index (χ0n) is 8.97. The van der Waals surface area contributed by atoms with Gasteiger partial charge in [-0.05, 0) is 24.7 Å². The molecule has 2 heterocycles. The molecule has 0 radical (unpaired) electrons. The number of rotatable bonds is 2. The molecule has 0 aliphatic carbocycles. The highest BCUT2D eigenvalue weighted by Crippen LogP contribution is 2.34. The van der Waals surface area contributed by atoms with E-state index in [1.807, 2.05) is 0 Å². The molecule has 13 heavy (non-hydrogen) atoms. The lowest BCUT2D eigenvalue weighted by Crippen LogP contribution is -2.41. The minimum absolute atomic E-state index is 0.391. The predicted molar refractivity (Wildman–Crippen MR) is 53.8 cm³/mol. The Hall–Kier alpha value is -0.0800. The Bertz CT molecular complexity index is 185. The molecule has 0 aromatic heterocycles. The summed E-state index contributed by atoms with van der Waals surface area (Å²) in [5.41, 5.74) is 0.391. The monoisotopic (exact) mass is 183 g/mol. The molecule has 1 N–H and O–H groups in total. The Morgan fingerprint density at radius 1 is 1.31 bits per heavy atom. The van der Waals surface area contributed by atoms with E-state index in [2.05, 4.69) is 26.1 Å². The van der Waals surface area contributed by atoms with Crippen LogP contribution in [0.3, 0.4) is 0 Å². The summed E-state index contributed by atoms with van der Waals surface area (Å²) >= 11 is 0. The summed E-state index contributed by atoms with van der Waals surface area (Å²) in [6.45, 7) is 7.92. The summed E-state index contributed by atoms with van der Waals surface area (Å²) in [7, 11) is 0. The van der Waals surface area contributed by atoms with Crippen LogP contribution in [0, 0.1) is 5.41 Å². The fraction of sp³-hybridized carbons (Fsp3) is 1.00. The predicted octanol–water partition coefficient (Wildman–Crippen LogP) is 1.94. The molecule has 2 bridgehead atoms. The summed E-state index contributed by atoms with van der Waals surface area (Å²) in [5.74, 6) is 0. The summed E-state index contributed by atoms with van der Waals surface area (Å²) in [4.78, 5) is 0. The van der Waals surface area contributed by atoms with E-state index in [-0.39, 0.29) is 0 Å². The van der Waals surface area contributed by atoms with E-state index in [4.69, 9.17) is 4.74 Å². The molecule has 2 heteroatoms. The normalized spacial score (nSPS) is 38.5. The van der Waals surface area contributed by atoms with Gasteiger partial charge in [-0.1, -0.05) is 20.8 Å². The standard InChI is InChI=1S/C11H21NO/c1-11(2,3)7-12-9-6-8-4-5-10(9)13-8/h8-10,12H,4-7H2,1-3H3. The Morgan fingerprint density at radius 3 is 2.54 bits per heavy atom. The van der Waals surface area contributed by atoms with Crippen LogP contribution in [0.1, 0.15) is 40.0 Å². The molecule has 2 fully saturated rings. The fourth-order valence-electron chi connectivity index (χ4n) is 2.29. The van der Waals surface area contributed by atoms with Gasteiger partial charge < -0.3 is 10.1 Å². The van der Waals surface area contributed by atoms with Gasteiger partial charge in [-0.25, -0.2) is 0 Å². The lowest BCUT2D eigenvalue weighted by Gasteiger charge is -2.25. The smallest absolute Gasteiger partial charge is 0.0733 e. The summed E-state index contributed by atoms with van der Waals surface area (Å²) in [5, 5.41) is 3.63. The van der Waals surface area contributed by atoms with Crippen molar-refractivity contribution in [1.82, 2.24) is 5.32 Å². The van der Waals surface area contributed by atoms with E-state index >= 15 is 0 Å². The lowest BCUT2D eigenvalue weighted by molar-refractivity contribution is 0.0963. The van der Waals surface area contributed by atoms with E-state index in [1.54, 1.807) is 0 Å². The SMILES string of the molecule is CC(C)(C)CNC1CC2CCC1O2. The highest BCUT2D eigenvalue weighted by Gasteiger charge is 2.40. The molecular weight excluding hydrogens is 162 g/mol. The average molecular weight is 183 g/mol. The maximum absolute atomic E-state index is 5.79. The quantitative estimate of drug-likeness (QED) is 0.706. The van der Waals surface area contributed by atoms with Gasteiger partial charge in [0.25, 0.3) is 0 Å². The highest BCUT2D eigenvalue weighted by molar-refractivity contribution is 4.94. The van der Waals surface area contributed by atoms with Crippen molar-refractivity contribution in [3.8, 4) is 0 Å². The second-order valence-corrected chi connectivity index (χ2v) is 5.66. The first kappa shape index (κ1) is 9.47. The van der Waals surface area contributed by atoms with Gasteiger partial charge in [-0.2, -0.15) is 0 Å². The molecule has 2 aliphatic rings. The number of hydrogen-bond acceptors (Lipinski definition) is 2. The van der Waals surface area contributed by atoms with Crippen molar-refractivity contribution in [3.63, 3.8) is 0 Å². The van der Waals surface area contributed by atoms with Gasteiger partial charge in [0, 0.05) is 12.6 Å². The molecule has 2 aliphatic heterocycles. The van der Waals surface area contributed by atoms with Gasteiger partial charge in [0.1, 0.15) is 0 Å². The zero-order chi connectivity index (χ0) is 9.47. The van der Waals surface area contributed by atoms with E-state index in [1.165, 1.54) is 19.3 Å². The van der Waals surface area contributed by atoms with Gasteiger partial charge >= 0.3 is 0 Å². The van der Waals surface area contributed by atoms with Crippen LogP contribution in [0.4, 0.5) is 0 Å². The van der Waals surface area contributed by atoms with Crippen LogP contribution in [0.15, 0.2) is 0 Å². The molecule has 76 valence electrons. The van der Waals surface area contributed by atoms with E-state index in [0.717, 1.165) is 6.54 Å². The second kappa shape index (κ2) is 3.25. The van der Waals surface area contributed by atoms with Crippen molar-refractivity contribution in [3.05, 3.63) is 0 Å². The van der Waals surface area contributed by atoms with Gasteiger partial charge in [0.15, 0.2) is 0 Å². The topological polar surface area (TPSA) is 21.3 Å². The van der Waals surface area contributed by atoms with Gasteiger partial charge in [-0.3, -0.25) is 0 Å². The minimum Gasteiger partial charge on any atom is -0.373 e.